The lowest BCUT2D eigenvalue weighted by molar-refractivity contribution is -0.115. The minimum Gasteiger partial charge on any atom is -0.392 e. The Balaban J connectivity index is 1.75. The number of aliphatic hydroxyl groups excluding tert-OH is 1. The molecule has 0 spiro atoms. The Morgan fingerprint density at radius 3 is 2.75 bits per heavy atom. The van der Waals surface area contributed by atoms with Crippen molar-refractivity contribution in [1.82, 2.24) is 8.75 Å². The molecule has 0 aliphatic carbocycles. The van der Waals surface area contributed by atoms with Crippen LogP contribution in [0, 0.1) is 0 Å². The van der Waals surface area contributed by atoms with Crippen LogP contribution in [0.3, 0.4) is 0 Å². The van der Waals surface area contributed by atoms with Crippen LogP contribution in [0.25, 0.3) is 11.0 Å². The molecule has 1 atom stereocenters. The molecule has 6 nitrogen and oxygen atoms in total. The lowest BCUT2D eigenvalue weighted by Gasteiger charge is -2.25. The number of aliphatic hydroxyl groups is 1. The van der Waals surface area contributed by atoms with Gasteiger partial charge in [0.15, 0.2) is 0 Å². The molecular formula is C17H18N4O2S. The molecule has 3 aromatic rings. The van der Waals surface area contributed by atoms with Crippen molar-refractivity contribution in [3.05, 3.63) is 48.5 Å². The lowest BCUT2D eigenvalue weighted by Crippen LogP contribution is -2.37. The highest BCUT2D eigenvalue weighted by Gasteiger charge is 2.15. The minimum atomic E-state index is -0.538. The van der Waals surface area contributed by atoms with Gasteiger partial charge in [-0.3, -0.25) is 4.79 Å². The van der Waals surface area contributed by atoms with Gasteiger partial charge in [0, 0.05) is 12.2 Å². The number of rotatable bonds is 6. The number of nitrogens with zero attached hydrogens (tertiary/aromatic N) is 3. The Morgan fingerprint density at radius 1 is 1.21 bits per heavy atom. The van der Waals surface area contributed by atoms with Crippen molar-refractivity contribution in [2.45, 2.75) is 13.0 Å². The predicted molar refractivity (Wildman–Crippen MR) is 96.4 cm³/mol. The SMILES string of the molecule is C[C@@H](O)CN(CC(=O)Nc1cccc2nsnc12)c1ccccc1. The fourth-order valence-corrected chi connectivity index (χ4v) is 3.04. The van der Waals surface area contributed by atoms with Crippen LogP contribution in [0.4, 0.5) is 11.4 Å². The van der Waals surface area contributed by atoms with E-state index in [0.717, 1.165) is 22.9 Å². The highest BCUT2D eigenvalue weighted by molar-refractivity contribution is 7.00. The number of hydrogen-bond donors (Lipinski definition) is 2. The zero-order chi connectivity index (χ0) is 16.9. The first-order chi connectivity index (χ1) is 11.6. The summed E-state index contributed by atoms with van der Waals surface area (Å²) < 4.78 is 8.39. The third-order valence-corrected chi connectivity index (χ3v) is 4.04. The van der Waals surface area contributed by atoms with Gasteiger partial charge in [-0.2, -0.15) is 8.75 Å². The summed E-state index contributed by atoms with van der Waals surface area (Å²) >= 11 is 1.12. The van der Waals surface area contributed by atoms with Crippen molar-refractivity contribution < 1.29 is 9.90 Å². The normalized spacial score (nSPS) is 12.1. The summed E-state index contributed by atoms with van der Waals surface area (Å²) in [5.41, 5.74) is 3.00. The van der Waals surface area contributed by atoms with E-state index in [1.807, 2.05) is 53.4 Å². The standard InChI is InChI=1S/C17H18N4O2S/c1-12(22)10-21(13-6-3-2-4-7-13)11-16(23)18-14-8-5-9-15-17(14)20-24-19-15/h2-9,12,22H,10-11H2,1H3,(H,18,23)/t12-/m1/s1. The predicted octanol–water partition coefficient (Wildman–Crippen LogP) is 2.52. The third-order valence-electron chi connectivity index (χ3n) is 3.50. The monoisotopic (exact) mass is 342 g/mol. The van der Waals surface area contributed by atoms with E-state index in [1.54, 1.807) is 6.92 Å². The van der Waals surface area contributed by atoms with E-state index in [2.05, 4.69) is 14.1 Å². The van der Waals surface area contributed by atoms with Crippen molar-refractivity contribution >= 4 is 40.0 Å². The van der Waals surface area contributed by atoms with Gasteiger partial charge in [-0.1, -0.05) is 24.3 Å². The first kappa shape index (κ1) is 16.4. The van der Waals surface area contributed by atoms with Gasteiger partial charge in [0.1, 0.15) is 11.0 Å². The highest BCUT2D eigenvalue weighted by Crippen LogP contribution is 2.21. The van der Waals surface area contributed by atoms with Crippen molar-refractivity contribution in [3.8, 4) is 0 Å². The molecule has 3 rings (SSSR count). The smallest absolute Gasteiger partial charge is 0.243 e. The first-order valence-corrected chi connectivity index (χ1v) is 8.35. The molecule has 0 saturated heterocycles. The van der Waals surface area contributed by atoms with Gasteiger partial charge in [0.25, 0.3) is 0 Å². The number of hydrogen-bond acceptors (Lipinski definition) is 6. The van der Waals surface area contributed by atoms with Crippen LogP contribution in [-0.4, -0.2) is 39.0 Å². The molecule has 2 N–H and O–H groups in total. The molecule has 2 aromatic carbocycles. The van der Waals surface area contributed by atoms with Gasteiger partial charge in [0.2, 0.25) is 5.91 Å². The van der Waals surface area contributed by atoms with Crippen LogP contribution in [0.2, 0.25) is 0 Å². The topological polar surface area (TPSA) is 78.4 Å². The van der Waals surface area contributed by atoms with E-state index >= 15 is 0 Å². The number of carbonyl (C=O) groups is 1. The van der Waals surface area contributed by atoms with Gasteiger partial charge in [-0.25, -0.2) is 0 Å². The Morgan fingerprint density at radius 2 is 2.00 bits per heavy atom. The maximum atomic E-state index is 12.5. The zero-order valence-corrected chi connectivity index (χ0v) is 14.0. The summed E-state index contributed by atoms with van der Waals surface area (Å²) in [7, 11) is 0. The molecule has 7 heteroatoms. The average molecular weight is 342 g/mol. The minimum absolute atomic E-state index is 0.142. The Labute approximate surface area is 144 Å². The molecule has 1 aromatic heterocycles. The van der Waals surface area contributed by atoms with E-state index in [1.165, 1.54) is 0 Å². The van der Waals surface area contributed by atoms with E-state index in [9.17, 15) is 9.90 Å². The molecule has 0 aliphatic heterocycles. The van der Waals surface area contributed by atoms with E-state index in [4.69, 9.17) is 0 Å². The molecule has 0 fully saturated rings. The molecule has 0 saturated carbocycles. The largest absolute Gasteiger partial charge is 0.392 e. The van der Waals surface area contributed by atoms with Crippen molar-refractivity contribution in [3.63, 3.8) is 0 Å². The zero-order valence-electron chi connectivity index (χ0n) is 13.2. The van der Waals surface area contributed by atoms with E-state index in [0.29, 0.717) is 17.7 Å². The lowest BCUT2D eigenvalue weighted by atomic mass is 10.2. The van der Waals surface area contributed by atoms with E-state index in [-0.39, 0.29) is 12.5 Å². The van der Waals surface area contributed by atoms with Crippen LogP contribution in [-0.2, 0) is 4.79 Å². The van der Waals surface area contributed by atoms with Gasteiger partial charge in [0.05, 0.1) is 30.1 Å². The summed E-state index contributed by atoms with van der Waals surface area (Å²) in [5, 5.41) is 12.6. The Bertz CT molecular complexity index is 820. The molecule has 24 heavy (non-hydrogen) atoms. The number of amides is 1. The summed E-state index contributed by atoms with van der Waals surface area (Å²) in [5.74, 6) is -0.167. The highest BCUT2D eigenvalue weighted by atomic mass is 32.1. The van der Waals surface area contributed by atoms with Crippen LogP contribution < -0.4 is 10.2 Å². The van der Waals surface area contributed by atoms with Crippen molar-refractivity contribution in [2.24, 2.45) is 0 Å². The van der Waals surface area contributed by atoms with Gasteiger partial charge in [-0.05, 0) is 31.2 Å². The maximum Gasteiger partial charge on any atom is 0.243 e. The van der Waals surface area contributed by atoms with Crippen LogP contribution in [0.15, 0.2) is 48.5 Å². The molecular weight excluding hydrogens is 324 g/mol. The maximum absolute atomic E-state index is 12.5. The number of benzene rings is 2. The molecule has 124 valence electrons. The number of carbonyl (C=O) groups excluding carboxylic acids is 1. The quantitative estimate of drug-likeness (QED) is 0.720. The van der Waals surface area contributed by atoms with E-state index < -0.39 is 6.10 Å². The molecule has 0 aliphatic rings. The van der Waals surface area contributed by atoms with Gasteiger partial charge in [-0.15, -0.1) is 0 Å². The molecule has 0 radical (unpaired) electrons. The summed E-state index contributed by atoms with van der Waals surface area (Å²) in [4.78, 5) is 14.3. The summed E-state index contributed by atoms with van der Waals surface area (Å²) in [6.45, 7) is 2.22. The van der Waals surface area contributed by atoms with Gasteiger partial charge < -0.3 is 15.3 Å². The number of aromatic nitrogens is 2. The summed E-state index contributed by atoms with van der Waals surface area (Å²) in [6, 6.07) is 15.1. The molecule has 0 unspecified atom stereocenters. The van der Waals surface area contributed by atoms with Crippen LogP contribution in [0.1, 0.15) is 6.92 Å². The fraction of sp³-hybridized carbons (Fsp3) is 0.235. The second-order valence-corrected chi connectivity index (χ2v) is 6.08. The third kappa shape index (κ3) is 3.87. The van der Waals surface area contributed by atoms with Crippen molar-refractivity contribution in [2.75, 3.05) is 23.3 Å². The number of nitrogens with one attached hydrogen (secondary N) is 1. The second-order valence-electron chi connectivity index (χ2n) is 5.55. The Hall–Kier alpha value is -2.51. The van der Waals surface area contributed by atoms with Crippen LogP contribution >= 0.6 is 11.7 Å². The Kier molecular flexibility index (Phi) is 5.02. The average Bonchev–Trinajstić information content (AvgIpc) is 3.04. The molecule has 1 amide bonds. The summed E-state index contributed by atoms with van der Waals surface area (Å²) in [6.07, 6.45) is -0.538. The van der Waals surface area contributed by atoms with Crippen LogP contribution in [0.5, 0.6) is 0 Å². The molecule has 0 bridgehead atoms. The van der Waals surface area contributed by atoms with Gasteiger partial charge >= 0.3 is 0 Å². The van der Waals surface area contributed by atoms with Crippen molar-refractivity contribution in [1.29, 1.82) is 0 Å². The number of fused-ring (bicyclic) bond motifs is 1. The number of anilines is 2. The fourth-order valence-electron chi connectivity index (χ4n) is 2.49. The number of para-hydroxylation sites is 1. The molecule has 1 heterocycles. The second kappa shape index (κ2) is 7.37. The first-order valence-electron chi connectivity index (χ1n) is 7.62.